The molecule has 0 saturated carbocycles. The lowest BCUT2D eigenvalue weighted by atomic mass is 9.95. The van der Waals surface area contributed by atoms with Gasteiger partial charge in [-0.2, -0.15) is 0 Å². The largest absolute Gasteiger partial charge is 0.507 e. The molecule has 0 spiro atoms. The van der Waals surface area contributed by atoms with Crippen molar-refractivity contribution in [3.05, 3.63) is 76.6 Å². The second-order valence-corrected chi connectivity index (χ2v) is 6.75. The maximum absolute atomic E-state index is 13.9. The van der Waals surface area contributed by atoms with Gasteiger partial charge in [0.1, 0.15) is 11.6 Å². The Morgan fingerprint density at radius 1 is 1.14 bits per heavy atom. The van der Waals surface area contributed by atoms with Gasteiger partial charge in [0.2, 0.25) is 0 Å². The molecule has 6 nitrogen and oxygen atoms in total. The summed E-state index contributed by atoms with van der Waals surface area (Å²) in [7, 11) is 0. The Kier molecular flexibility index (Phi) is 6.41. The number of hydrogen-bond donors (Lipinski definition) is 2. The lowest BCUT2D eigenvalue weighted by Crippen LogP contribution is -2.33. The summed E-state index contributed by atoms with van der Waals surface area (Å²) in [6, 6.07) is 11.5. The van der Waals surface area contributed by atoms with Crippen molar-refractivity contribution < 1.29 is 28.9 Å². The van der Waals surface area contributed by atoms with E-state index in [2.05, 4.69) is 0 Å². The Morgan fingerprint density at radius 2 is 1.86 bits per heavy atom. The molecule has 1 aliphatic heterocycles. The van der Waals surface area contributed by atoms with Crippen LogP contribution in [0.15, 0.2) is 54.1 Å². The molecule has 0 bridgehead atoms. The van der Waals surface area contributed by atoms with Crippen molar-refractivity contribution in [2.24, 2.45) is 0 Å². The molecule has 1 unspecified atom stereocenters. The summed E-state index contributed by atoms with van der Waals surface area (Å²) in [4.78, 5) is 26.7. The molecule has 2 aromatic rings. The number of halogens is 1. The Balaban J connectivity index is 2.07. The standard InChI is InChI=1S/C22H22FNO5/c1-14-5-7-15(8-6-14)20(26)18-19(16-3-2-4-17(23)13-16)24(22(28)21(18)27)9-11-29-12-10-25/h2-8,13,19,25-26H,9-12H2,1H3. The number of hydrogen-bond acceptors (Lipinski definition) is 5. The van der Waals surface area contributed by atoms with Gasteiger partial charge in [-0.05, 0) is 24.6 Å². The first-order chi connectivity index (χ1) is 13.9. The number of Topliss-reactive ketones (excluding diaryl/α,β-unsaturated/α-hetero) is 1. The molecular formula is C22H22FNO5. The molecule has 152 valence electrons. The first-order valence-electron chi connectivity index (χ1n) is 9.23. The lowest BCUT2D eigenvalue weighted by molar-refractivity contribution is -0.140. The van der Waals surface area contributed by atoms with Crippen molar-refractivity contribution in [3.8, 4) is 0 Å². The van der Waals surface area contributed by atoms with E-state index in [1.807, 2.05) is 6.92 Å². The highest BCUT2D eigenvalue weighted by Crippen LogP contribution is 2.39. The molecule has 0 radical (unpaired) electrons. The molecule has 2 aromatic carbocycles. The van der Waals surface area contributed by atoms with Crippen molar-refractivity contribution in [1.29, 1.82) is 0 Å². The van der Waals surface area contributed by atoms with Crippen LogP contribution < -0.4 is 0 Å². The molecule has 1 atom stereocenters. The molecular weight excluding hydrogens is 377 g/mol. The maximum atomic E-state index is 13.9. The van der Waals surface area contributed by atoms with Crippen LogP contribution in [0.5, 0.6) is 0 Å². The van der Waals surface area contributed by atoms with E-state index >= 15 is 0 Å². The predicted octanol–water partition coefficient (Wildman–Crippen LogP) is 2.56. The summed E-state index contributed by atoms with van der Waals surface area (Å²) in [6.07, 6.45) is 0. The van der Waals surface area contributed by atoms with Gasteiger partial charge in [-0.15, -0.1) is 0 Å². The summed E-state index contributed by atoms with van der Waals surface area (Å²) in [5.74, 6) is -2.45. The average Bonchev–Trinajstić information content (AvgIpc) is 2.96. The fraction of sp³-hybridized carbons (Fsp3) is 0.273. The fourth-order valence-corrected chi connectivity index (χ4v) is 3.33. The van der Waals surface area contributed by atoms with Crippen molar-refractivity contribution in [1.82, 2.24) is 4.90 Å². The molecule has 29 heavy (non-hydrogen) atoms. The number of benzene rings is 2. The minimum absolute atomic E-state index is 0.0520. The van der Waals surface area contributed by atoms with E-state index in [1.165, 1.54) is 23.1 Å². The van der Waals surface area contributed by atoms with E-state index in [9.17, 15) is 19.1 Å². The number of ether oxygens (including phenoxy) is 1. The average molecular weight is 399 g/mol. The molecule has 1 fully saturated rings. The lowest BCUT2D eigenvalue weighted by Gasteiger charge is -2.25. The number of nitrogens with zero attached hydrogens (tertiary/aromatic N) is 1. The summed E-state index contributed by atoms with van der Waals surface area (Å²) < 4.78 is 19.1. The van der Waals surface area contributed by atoms with Gasteiger partial charge < -0.3 is 19.8 Å². The predicted molar refractivity (Wildman–Crippen MR) is 104 cm³/mol. The van der Waals surface area contributed by atoms with Gasteiger partial charge in [0.15, 0.2) is 0 Å². The van der Waals surface area contributed by atoms with Gasteiger partial charge in [-0.25, -0.2) is 4.39 Å². The second kappa shape index (κ2) is 8.98. The van der Waals surface area contributed by atoms with Gasteiger partial charge >= 0.3 is 0 Å². The third-order valence-electron chi connectivity index (χ3n) is 4.74. The van der Waals surface area contributed by atoms with Crippen LogP contribution in [-0.2, 0) is 14.3 Å². The van der Waals surface area contributed by atoms with E-state index < -0.39 is 23.5 Å². The van der Waals surface area contributed by atoms with Crippen LogP contribution in [0.2, 0.25) is 0 Å². The SMILES string of the molecule is Cc1ccc(C(O)=C2C(=O)C(=O)N(CCOCCO)C2c2cccc(F)c2)cc1. The van der Waals surface area contributed by atoms with Crippen LogP contribution in [-0.4, -0.2) is 53.2 Å². The molecule has 0 aromatic heterocycles. The van der Waals surface area contributed by atoms with Crippen LogP contribution in [0.3, 0.4) is 0 Å². The zero-order chi connectivity index (χ0) is 21.0. The second-order valence-electron chi connectivity index (χ2n) is 6.75. The number of aliphatic hydroxyl groups is 2. The third kappa shape index (κ3) is 4.36. The topological polar surface area (TPSA) is 87.1 Å². The van der Waals surface area contributed by atoms with Crippen LogP contribution in [0.1, 0.15) is 22.7 Å². The van der Waals surface area contributed by atoms with Gasteiger partial charge in [-0.1, -0.05) is 42.0 Å². The number of rotatable bonds is 7. The Labute approximate surface area is 167 Å². The molecule has 3 rings (SSSR count). The highest BCUT2D eigenvalue weighted by molar-refractivity contribution is 6.46. The third-order valence-corrected chi connectivity index (χ3v) is 4.74. The molecule has 1 aliphatic rings. The Morgan fingerprint density at radius 3 is 2.52 bits per heavy atom. The minimum atomic E-state index is -0.940. The first kappa shape index (κ1) is 20.7. The highest BCUT2D eigenvalue weighted by atomic mass is 19.1. The van der Waals surface area contributed by atoms with E-state index in [1.54, 1.807) is 30.3 Å². The molecule has 1 amide bonds. The normalized spacial score (nSPS) is 18.4. The highest BCUT2D eigenvalue weighted by Gasteiger charge is 2.45. The molecule has 1 saturated heterocycles. The number of carbonyl (C=O) groups is 2. The van der Waals surface area contributed by atoms with Crippen LogP contribution in [0, 0.1) is 12.7 Å². The summed E-state index contributed by atoms with van der Waals surface area (Å²) in [5.41, 5.74) is 1.66. The number of aliphatic hydroxyl groups excluding tert-OH is 2. The van der Waals surface area contributed by atoms with Gasteiger partial charge in [0, 0.05) is 12.1 Å². The molecule has 0 aliphatic carbocycles. The molecule has 1 heterocycles. The number of aryl methyl sites for hydroxylation is 1. The van der Waals surface area contributed by atoms with Crippen molar-refractivity contribution in [2.45, 2.75) is 13.0 Å². The smallest absolute Gasteiger partial charge is 0.295 e. The van der Waals surface area contributed by atoms with Crippen molar-refractivity contribution in [2.75, 3.05) is 26.4 Å². The van der Waals surface area contributed by atoms with Gasteiger partial charge in [0.05, 0.1) is 31.4 Å². The van der Waals surface area contributed by atoms with E-state index in [0.29, 0.717) is 11.1 Å². The quantitative estimate of drug-likeness (QED) is 0.323. The molecule has 7 heteroatoms. The van der Waals surface area contributed by atoms with E-state index in [0.717, 1.165) is 5.56 Å². The first-order valence-corrected chi connectivity index (χ1v) is 9.23. The number of likely N-dealkylation sites (tertiary alicyclic amines) is 1. The summed E-state index contributed by atoms with van der Waals surface area (Å²) in [5, 5.41) is 19.7. The zero-order valence-corrected chi connectivity index (χ0v) is 16.0. The summed E-state index contributed by atoms with van der Waals surface area (Å²) in [6.45, 7) is 1.96. The van der Waals surface area contributed by atoms with Crippen molar-refractivity contribution in [3.63, 3.8) is 0 Å². The monoisotopic (exact) mass is 399 g/mol. The minimum Gasteiger partial charge on any atom is -0.507 e. The van der Waals surface area contributed by atoms with Gasteiger partial charge in [0.25, 0.3) is 11.7 Å². The maximum Gasteiger partial charge on any atom is 0.295 e. The number of carbonyl (C=O) groups excluding carboxylic acids is 2. The molecule has 2 N–H and O–H groups in total. The Bertz CT molecular complexity index is 938. The van der Waals surface area contributed by atoms with Crippen LogP contribution in [0.4, 0.5) is 4.39 Å². The van der Waals surface area contributed by atoms with Crippen molar-refractivity contribution >= 4 is 17.4 Å². The zero-order valence-electron chi connectivity index (χ0n) is 16.0. The number of ketones is 1. The van der Waals surface area contributed by atoms with Crippen LogP contribution >= 0.6 is 0 Å². The Hall–Kier alpha value is -3.03. The van der Waals surface area contributed by atoms with E-state index in [4.69, 9.17) is 9.84 Å². The van der Waals surface area contributed by atoms with Crippen LogP contribution in [0.25, 0.3) is 5.76 Å². The number of amides is 1. The van der Waals surface area contributed by atoms with Gasteiger partial charge in [-0.3, -0.25) is 9.59 Å². The van der Waals surface area contributed by atoms with E-state index in [-0.39, 0.29) is 37.7 Å². The fourth-order valence-electron chi connectivity index (χ4n) is 3.33. The summed E-state index contributed by atoms with van der Waals surface area (Å²) >= 11 is 0.